The molecule has 6 nitrogen and oxygen atoms in total. The first-order chi connectivity index (χ1) is 15.3. The lowest BCUT2D eigenvalue weighted by atomic mass is 9.93. The molecule has 0 saturated carbocycles. The lowest BCUT2D eigenvalue weighted by Crippen LogP contribution is -2.42. The quantitative estimate of drug-likeness (QED) is 0.417. The van der Waals surface area contributed by atoms with E-state index in [1.54, 1.807) is 6.92 Å². The molecule has 172 valence electrons. The summed E-state index contributed by atoms with van der Waals surface area (Å²) in [5.41, 5.74) is 3.17. The summed E-state index contributed by atoms with van der Waals surface area (Å²) in [5.74, 6) is -3.48. The van der Waals surface area contributed by atoms with Crippen LogP contribution in [-0.2, 0) is 20.8 Å². The van der Waals surface area contributed by atoms with E-state index in [1.807, 2.05) is 61.5 Å². The molecule has 0 aromatic heterocycles. The smallest absolute Gasteiger partial charge is 0.306 e. The van der Waals surface area contributed by atoms with Crippen molar-refractivity contribution in [2.24, 2.45) is 11.8 Å². The third-order valence-electron chi connectivity index (χ3n) is 5.65. The van der Waals surface area contributed by atoms with Crippen LogP contribution in [0.1, 0.15) is 51.5 Å². The fraction of sp³-hybridized carbons (Fsp3) is 0.423. The van der Waals surface area contributed by atoms with Crippen molar-refractivity contribution in [2.75, 3.05) is 0 Å². The van der Waals surface area contributed by atoms with E-state index in [0.29, 0.717) is 12.8 Å². The van der Waals surface area contributed by atoms with E-state index in [0.717, 1.165) is 29.5 Å². The molecule has 1 amide bonds. The third kappa shape index (κ3) is 8.17. The van der Waals surface area contributed by atoms with Crippen LogP contribution in [0.5, 0.6) is 0 Å². The second kappa shape index (κ2) is 12.6. The highest BCUT2D eigenvalue weighted by Gasteiger charge is 2.26. The first-order valence-corrected chi connectivity index (χ1v) is 11.2. The Morgan fingerprint density at radius 1 is 0.938 bits per heavy atom. The minimum Gasteiger partial charge on any atom is -0.481 e. The van der Waals surface area contributed by atoms with Crippen molar-refractivity contribution in [3.63, 3.8) is 0 Å². The molecule has 3 atom stereocenters. The third-order valence-corrected chi connectivity index (χ3v) is 5.65. The van der Waals surface area contributed by atoms with Gasteiger partial charge in [-0.05, 0) is 36.0 Å². The maximum absolute atomic E-state index is 12.9. The molecule has 0 heterocycles. The number of aliphatic carboxylic acids is 2. The Hall–Kier alpha value is -3.15. The number of unbranched alkanes of at least 4 members (excludes halogenated alkanes) is 1. The Morgan fingerprint density at radius 2 is 1.56 bits per heavy atom. The number of hydrogen-bond donors (Lipinski definition) is 3. The summed E-state index contributed by atoms with van der Waals surface area (Å²) in [5, 5.41) is 21.5. The molecule has 0 saturated heterocycles. The Bertz CT molecular complexity index is 879. The van der Waals surface area contributed by atoms with Crippen LogP contribution < -0.4 is 5.32 Å². The number of carboxylic acids is 2. The second-order valence-corrected chi connectivity index (χ2v) is 8.38. The highest BCUT2D eigenvalue weighted by molar-refractivity contribution is 5.83. The van der Waals surface area contributed by atoms with Gasteiger partial charge in [0.25, 0.3) is 0 Å². The predicted octanol–water partition coefficient (Wildman–Crippen LogP) is 4.77. The van der Waals surface area contributed by atoms with E-state index in [4.69, 9.17) is 0 Å². The van der Waals surface area contributed by atoms with Crippen LogP contribution in [-0.4, -0.2) is 34.1 Å². The van der Waals surface area contributed by atoms with Crippen molar-refractivity contribution in [1.29, 1.82) is 0 Å². The van der Waals surface area contributed by atoms with Crippen molar-refractivity contribution in [2.45, 2.75) is 58.4 Å². The number of amides is 1. The zero-order valence-electron chi connectivity index (χ0n) is 18.8. The summed E-state index contributed by atoms with van der Waals surface area (Å²) >= 11 is 0. The van der Waals surface area contributed by atoms with Crippen molar-refractivity contribution in [3.8, 4) is 11.1 Å². The molecular weight excluding hydrogens is 406 g/mol. The first-order valence-electron chi connectivity index (χ1n) is 11.2. The van der Waals surface area contributed by atoms with E-state index in [1.165, 1.54) is 0 Å². The van der Waals surface area contributed by atoms with Gasteiger partial charge in [-0.1, -0.05) is 81.3 Å². The summed E-state index contributed by atoms with van der Waals surface area (Å²) in [6, 6.07) is 17.6. The number of benzene rings is 2. The SMILES string of the molecule is CCCC[C@@H](CC(=O)O)C(=O)NC(Cc1ccc(-c2ccccc2)cc1)C[C@@H](C)C(=O)O. The van der Waals surface area contributed by atoms with E-state index in [-0.39, 0.29) is 18.7 Å². The molecule has 6 heteroatoms. The predicted molar refractivity (Wildman–Crippen MR) is 124 cm³/mol. The zero-order chi connectivity index (χ0) is 23.5. The molecule has 0 aliphatic heterocycles. The molecule has 0 spiro atoms. The van der Waals surface area contributed by atoms with Crippen molar-refractivity contribution in [1.82, 2.24) is 5.32 Å². The number of carbonyl (C=O) groups excluding carboxylic acids is 1. The minimum atomic E-state index is -1.01. The van der Waals surface area contributed by atoms with Crippen molar-refractivity contribution >= 4 is 17.8 Å². The maximum atomic E-state index is 12.9. The molecular formula is C26H33NO5. The van der Waals surface area contributed by atoms with Crippen LogP contribution in [0, 0.1) is 11.8 Å². The van der Waals surface area contributed by atoms with E-state index >= 15 is 0 Å². The lowest BCUT2D eigenvalue weighted by molar-refractivity contribution is -0.142. The first kappa shape index (κ1) is 25.1. The summed E-state index contributed by atoms with van der Waals surface area (Å²) in [6.45, 7) is 3.61. The van der Waals surface area contributed by atoms with Crippen molar-refractivity contribution < 1.29 is 24.6 Å². The standard InChI is InChI=1S/C26H33NO5/c1-3-4-8-22(17-24(28)29)25(30)27-23(15-18(2)26(31)32)16-19-11-13-21(14-12-19)20-9-6-5-7-10-20/h5-7,9-14,18,22-23H,3-4,8,15-17H2,1-2H3,(H,27,30)(H,28,29)(H,31,32)/t18-,22+,23?/m1/s1. The van der Waals surface area contributed by atoms with Crippen LogP contribution in [0.25, 0.3) is 11.1 Å². The lowest BCUT2D eigenvalue weighted by Gasteiger charge is -2.24. The highest BCUT2D eigenvalue weighted by atomic mass is 16.4. The fourth-order valence-corrected chi connectivity index (χ4v) is 3.78. The molecule has 0 aliphatic rings. The normalized spacial score (nSPS) is 13.7. The number of nitrogens with one attached hydrogen (secondary N) is 1. The molecule has 2 aromatic rings. The summed E-state index contributed by atoms with van der Waals surface area (Å²) in [6.07, 6.45) is 2.67. The van der Waals surface area contributed by atoms with Crippen LogP contribution >= 0.6 is 0 Å². The van der Waals surface area contributed by atoms with Gasteiger partial charge in [-0.25, -0.2) is 0 Å². The maximum Gasteiger partial charge on any atom is 0.306 e. The van der Waals surface area contributed by atoms with Gasteiger partial charge in [0.1, 0.15) is 0 Å². The molecule has 0 bridgehead atoms. The molecule has 0 fully saturated rings. The Morgan fingerprint density at radius 3 is 2.12 bits per heavy atom. The van der Waals surface area contributed by atoms with E-state index < -0.39 is 29.8 Å². The molecule has 0 aliphatic carbocycles. The molecule has 1 unspecified atom stereocenters. The van der Waals surface area contributed by atoms with Gasteiger partial charge in [0.15, 0.2) is 0 Å². The second-order valence-electron chi connectivity index (χ2n) is 8.38. The van der Waals surface area contributed by atoms with Crippen LogP contribution in [0.15, 0.2) is 54.6 Å². The Labute approximate surface area is 189 Å². The van der Waals surface area contributed by atoms with Gasteiger partial charge in [0, 0.05) is 12.0 Å². The monoisotopic (exact) mass is 439 g/mol. The largest absolute Gasteiger partial charge is 0.481 e. The van der Waals surface area contributed by atoms with Gasteiger partial charge in [-0.2, -0.15) is 0 Å². The van der Waals surface area contributed by atoms with Gasteiger partial charge >= 0.3 is 11.9 Å². The summed E-state index contributed by atoms with van der Waals surface area (Å²) in [4.78, 5) is 35.5. The topological polar surface area (TPSA) is 104 Å². The number of carboxylic acid groups (broad SMARTS) is 2. The van der Waals surface area contributed by atoms with Gasteiger partial charge < -0.3 is 15.5 Å². The van der Waals surface area contributed by atoms with Gasteiger partial charge in [-0.3, -0.25) is 14.4 Å². The number of rotatable bonds is 13. The van der Waals surface area contributed by atoms with Crippen molar-refractivity contribution in [3.05, 3.63) is 60.2 Å². The highest BCUT2D eigenvalue weighted by Crippen LogP contribution is 2.21. The zero-order valence-corrected chi connectivity index (χ0v) is 18.8. The average Bonchev–Trinajstić information content (AvgIpc) is 2.77. The molecule has 0 radical (unpaired) electrons. The number of carbonyl (C=O) groups is 3. The summed E-state index contributed by atoms with van der Waals surface area (Å²) < 4.78 is 0. The van der Waals surface area contributed by atoms with Crippen LogP contribution in [0.3, 0.4) is 0 Å². The van der Waals surface area contributed by atoms with E-state index in [2.05, 4.69) is 5.32 Å². The van der Waals surface area contributed by atoms with Gasteiger partial charge in [0.2, 0.25) is 5.91 Å². The van der Waals surface area contributed by atoms with Crippen LogP contribution in [0.2, 0.25) is 0 Å². The fourth-order valence-electron chi connectivity index (χ4n) is 3.78. The molecule has 2 aromatic carbocycles. The van der Waals surface area contributed by atoms with Gasteiger partial charge in [0.05, 0.1) is 12.3 Å². The van der Waals surface area contributed by atoms with Gasteiger partial charge in [-0.15, -0.1) is 0 Å². The molecule has 3 N–H and O–H groups in total. The summed E-state index contributed by atoms with van der Waals surface area (Å²) in [7, 11) is 0. The number of hydrogen-bond acceptors (Lipinski definition) is 3. The average molecular weight is 440 g/mol. The molecule has 32 heavy (non-hydrogen) atoms. The Balaban J connectivity index is 2.14. The van der Waals surface area contributed by atoms with Crippen LogP contribution in [0.4, 0.5) is 0 Å². The Kier molecular flexibility index (Phi) is 9.92. The van der Waals surface area contributed by atoms with E-state index in [9.17, 15) is 24.6 Å². The minimum absolute atomic E-state index is 0.223. The molecule has 2 rings (SSSR count).